The number of fused-ring (bicyclic) bond motifs is 1. The molecular weight excluding hydrogens is 423 g/mol. The molecular formula is C21H22FN4O4S-. The standard InChI is InChI=1S/C21H23FN4O4S/c22-16-10-15(2-1-5-24-31(27)28)11-18(12-16)30-17-3-4-19-20(13-17)25-21(14-23-19)26-6-8-29-9-7-26/h3-4,10-14,24H,1-2,5-9H2,(H,27,28)/p-1. The normalized spacial score (nSPS) is 15.2. The second-order valence-corrected chi connectivity index (χ2v) is 7.87. The van der Waals surface area contributed by atoms with Crippen LogP contribution in [0.25, 0.3) is 11.0 Å². The molecule has 1 aromatic heterocycles. The fourth-order valence-corrected chi connectivity index (χ4v) is 3.71. The molecule has 1 atom stereocenters. The average Bonchev–Trinajstić information content (AvgIpc) is 2.76. The minimum atomic E-state index is -2.29. The first-order valence-corrected chi connectivity index (χ1v) is 11.0. The Morgan fingerprint density at radius 3 is 2.81 bits per heavy atom. The summed E-state index contributed by atoms with van der Waals surface area (Å²) in [5.74, 6) is 1.27. The van der Waals surface area contributed by atoms with Crippen molar-refractivity contribution in [2.24, 2.45) is 0 Å². The number of rotatable bonds is 8. The Morgan fingerprint density at radius 1 is 1.16 bits per heavy atom. The lowest BCUT2D eigenvalue weighted by Gasteiger charge is -2.27. The number of ether oxygens (including phenoxy) is 2. The number of aryl methyl sites for hydroxylation is 1. The predicted molar refractivity (Wildman–Crippen MR) is 114 cm³/mol. The third kappa shape index (κ3) is 5.95. The summed E-state index contributed by atoms with van der Waals surface area (Å²) < 4.78 is 48.6. The third-order valence-electron chi connectivity index (χ3n) is 4.86. The van der Waals surface area contributed by atoms with Crippen LogP contribution < -0.4 is 14.4 Å². The van der Waals surface area contributed by atoms with E-state index in [0.29, 0.717) is 43.1 Å². The van der Waals surface area contributed by atoms with Gasteiger partial charge < -0.3 is 18.9 Å². The van der Waals surface area contributed by atoms with Crippen LogP contribution in [-0.2, 0) is 22.4 Å². The Balaban J connectivity index is 1.49. The van der Waals surface area contributed by atoms with E-state index in [1.54, 1.807) is 24.4 Å². The van der Waals surface area contributed by atoms with Gasteiger partial charge in [-0.15, -0.1) is 0 Å². The maximum atomic E-state index is 14.0. The van der Waals surface area contributed by atoms with Crippen molar-refractivity contribution in [3.63, 3.8) is 0 Å². The molecule has 10 heteroatoms. The third-order valence-corrected chi connectivity index (χ3v) is 5.30. The molecule has 0 aliphatic carbocycles. The Morgan fingerprint density at radius 2 is 2.00 bits per heavy atom. The summed E-state index contributed by atoms with van der Waals surface area (Å²) in [4.78, 5) is 11.3. The molecule has 1 aliphatic heterocycles. The maximum absolute atomic E-state index is 14.0. The van der Waals surface area contributed by atoms with Crippen LogP contribution >= 0.6 is 0 Å². The molecule has 1 N–H and O–H groups in total. The zero-order valence-corrected chi connectivity index (χ0v) is 17.6. The smallest absolute Gasteiger partial charge is 0.148 e. The first-order chi connectivity index (χ1) is 15.1. The van der Waals surface area contributed by atoms with Gasteiger partial charge in [-0.25, -0.2) is 14.1 Å². The first-order valence-electron chi connectivity index (χ1n) is 9.96. The topological polar surface area (TPSA) is 99.6 Å². The zero-order valence-electron chi connectivity index (χ0n) is 16.8. The van der Waals surface area contributed by atoms with E-state index in [2.05, 4.69) is 14.6 Å². The highest BCUT2D eigenvalue weighted by Gasteiger charge is 2.14. The van der Waals surface area contributed by atoms with Crippen LogP contribution in [0.5, 0.6) is 11.5 Å². The van der Waals surface area contributed by atoms with Gasteiger partial charge >= 0.3 is 0 Å². The van der Waals surface area contributed by atoms with Gasteiger partial charge in [0.1, 0.15) is 23.1 Å². The van der Waals surface area contributed by atoms with Crippen LogP contribution in [0.15, 0.2) is 42.6 Å². The number of hydrogen-bond acceptors (Lipinski definition) is 7. The number of hydrogen-bond donors (Lipinski definition) is 1. The van der Waals surface area contributed by atoms with Gasteiger partial charge in [-0.3, -0.25) is 9.19 Å². The first kappa shape index (κ1) is 21.6. The summed E-state index contributed by atoms with van der Waals surface area (Å²) in [5, 5.41) is 0. The van der Waals surface area contributed by atoms with Crippen molar-refractivity contribution in [3.05, 3.63) is 54.0 Å². The molecule has 3 aromatic rings. The lowest BCUT2D eigenvalue weighted by Crippen LogP contribution is -2.36. The highest BCUT2D eigenvalue weighted by molar-refractivity contribution is 7.77. The number of nitrogens with zero attached hydrogens (tertiary/aromatic N) is 3. The van der Waals surface area contributed by atoms with Crippen molar-refractivity contribution in [2.75, 3.05) is 37.7 Å². The van der Waals surface area contributed by atoms with Gasteiger partial charge in [-0.05, 0) is 42.7 Å². The van der Waals surface area contributed by atoms with Gasteiger partial charge in [0.2, 0.25) is 0 Å². The quantitative estimate of drug-likeness (QED) is 0.420. The highest BCUT2D eigenvalue weighted by Crippen LogP contribution is 2.27. The average molecular weight is 445 g/mol. The molecule has 164 valence electrons. The predicted octanol–water partition coefficient (Wildman–Crippen LogP) is 2.71. The van der Waals surface area contributed by atoms with Crippen molar-refractivity contribution in [1.29, 1.82) is 0 Å². The molecule has 2 aromatic carbocycles. The Hall–Kier alpha value is -2.66. The van der Waals surface area contributed by atoms with E-state index in [1.165, 1.54) is 12.1 Å². The Labute approximate surface area is 181 Å². The van der Waals surface area contributed by atoms with Gasteiger partial charge in [0.15, 0.2) is 0 Å². The molecule has 2 heterocycles. The minimum Gasteiger partial charge on any atom is -0.760 e. The molecule has 0 spiro atoms. The fourth-order valence-electron chi connectivity index (χ4n) is 3.40. The van der Waals surface area contributed by atoms with Gasteiger partial charge in [0, 0.05) is 43.0 Å². The van der Waals surface area contributed by atoms with Gasteiger partial charge in [0.05, 0.1) is 30.4 Å². The van der Waals surface area contributed by atoms with Crippen LogP contribution in [0, 0.1) is 5.82 Å². The second kappa shape index (κ2) is 10.1. The van der Waals surface area contributed by atoms with Crippen LogP contribution in [0.2, 0.25) is 0 Å². The largest absolute Gasteiger partial charge is 0.760 e. The molecule has 1 saturated heterocycles. The molecule has 0 bridgehead atoms. The van der Waals surface area contributed by atoms with Gasteiger partial charge in [-0.2, -0.15) is 0 Å². The van der Waals surface area contributed by atoms with E-state index in [9.17, 15) is 13.2 Å². The number of morpholine rings is 1. The number of nitrogens with one attached hydrogen (secondary N) is 1. The molecule has 0 amide bonds. The van der Waals surface area contributed by atoms with Crippen molar-refractivity contribution in [1.82, 2.24) is 14.7 Å². The number of aromatic nitrogens is 2. The Kier molecular flexibility index (Phi) is 7.03. The molecule has 0 radical (unpaired) electrons. The van der Waals surface area contributed by atoms with Crippen LogP contribution in [-0.4, -0.2) is 51.6 Å². The Bertz CT molecular complexity index is 1080. The summed E-state index contributed by atoms with van der Waals surface area (Å²) >= 11 is -2.29. The van der Waals surface area contributed by atoms with E-state index in [0.717, 1.165) is 30.0 Å². The van der Waals surface area contributed by atoms with Crippen LogP contribution in [0.3, 0.4) is 0 Å². The molecule has 8 nitrogen and oxygen atoms in total. The minimum absolute atomic E-state index is 0.289. The lowest BCUT2D eigenvalue weighted by atomic mass is 10.1. The number of halogens is 1. The molecule has 0 saturated carbocycles. The van der Waals surface area contributed by atoms with Crippen LogP contribution in [0.4, 0.5) is 10.2 Å². The number of benzene rings is 2. The van der Waals surface area contributed by atoms with E-state index >= 15 is 0 Å². The van der Waals surface area contributed by atoms with Gasteiger partial charge in [0.25, 0.3) is 0 Å². The van der Waals surface area contributed by atoms with Crippen molar-refractivity contribution >= 4 is 28.1 Å². The SMILES string of the molecule is O=S([O-])NCCCc1cc(F)cc(Oc2ccc3ncc(N4CCOCC4)nc3c2)c1. The van der Waals surface area contributed by atoms with E-state index in [1.807, 2.05) is 6.07 Å². The number of anilines is 1. The van der Waals surface area contributed by atoms with Crippen molar-refractivity contribution in [3.8, 4) is 11.5 Å². The van der Waals surface area contributed by atoms with Crippen molar-refractivity contribution < 1.29 is 22.6 Å². The summed E-state index contributed by atoms with van der Waals surface area (Å²) in [6.45, 7) is 3.15. The molecule has 31 heavy (non-hydrogen) atoms. The highest BCUT2D eigenvalue weighted by atomic mass is 32.2. The summed E-state index contributed by atoms with van der Waals surface area (Å²) in [5.41, 5.74) is 2.16. The monoisotopic (exact) mass is 445 g/mol. The van der Waals surface area contributed by atoms with Crippen LogP contribution in [0.1, 0.15) is 12.0 Å². The molecule has 1 unspecified atom stereocenters. The molecule has 1 fully saturated rings. The zero-order chi connectivity index (χ0) is 21.6. The molecule has 4 rings (SSSR count). The van der Waals surface area contributed by atoms with E-state index < -0.39 is 17.1 Å². The van der Waals surface area contributed by atoms with E-state index in [4.69, 9.17) is 14.5 Å². The summed E-state index contributed by atoms with van der Waals surface area (Å²) in [6.07, 6.45) is 2.82. The van der Waals surface area contributed by atoms with Crippen molar-refractivity contribution in [2.45, 2.75) is 12.8 Å². The van der Waals surface area contributed by atoms with Gasteiger partial charge in [-0.1, -0.05) is 0 Å². The lowest BCUT2D eigenvalue weighted by molar-refractivity contribution is 0.122. The molecule has 1 aliphatic rings. The summed E-state index contributed by atoms with van der Waals surface area (Å²) in [6, 6.07) is 9.84. The fraction of sp³-hybridized carbons (Fsp3) is 0.333. The maximum Gasteiger partial charge on any atom is 0.148 e. The summed E-state index contributed by atoms with van der Waals surface area (Å²) in [7, 11) is 0. The van der Waals surface area contributed by atoms with E-state index in [-0.39, 0.29) is 6.54 Å². The second-order valence-electron chi connectivity index (χ2n) is 7.11.